The van der Waals surface area contributed by atoms with Crippen molar-refractivity contribution in [3.8, 4) is 33.8 Å². The summed E-state index contributed by atoms with van der Waals surface area (Å²) in [6, 6.07) is 12.8. The molecule has 35 heavy (non-hydrogen) atoms. The average molecular weight is 491 g/mol. The van der Waals surface area contributed by atoms with Gasteiger partial charge in [0.1, 0.15) is 11.5 Å². The van der Waals surface area contributed by atoms with Crippen molar-refractivity contribution in [2.24, 2.45) is 0 Å². The Morgan fingerprint density at radius 2 is 1.66 bits per heavy atom. The maximum absolute atomic E-state index is 5.60. The molecule has 0 aliphatic heterocycles. The second kappa shape index (κ2) is 11.5. The standard InChI is InChI=1S/C28H34N4O2S/c1-6-31-18-23(16-29-31)22-12-25(33-4)15-26(13-22)35-11-7-10-32-19-24(17-30-32)27-14-21(20(2)3)8-9-28(27)34-5/h8-9,12-20H,6-7,10-11H2,1-5H3. The Hall–Kier alpha value is -3.19. The molecule has 0 atom stereocenters. The van der Waals surface area contributed by atoms with Crippen molar-refractivity contribution >= 4 is 11.8 Å². The van der Waals surface area contributed by atoms with Gasteiger partial charge in [-0.25, -0.2) is 0 Å². The molecular weight excluding hydrogens is 456 g/mol. The molecular formula is C28H34N4O2S. The van der Waals surface area contributed by atoms with E-state index in [1.54, 1.807) is 14.2 Å². The van der Waals surface area contributed by atoms with E-state index in [2.05, 4.69) is 73.7 Å². The van der Waals surface area contributed by atoms with Crippen molar-refractivity contribution in [2.75, 3.05) is 20.0 Å². The highest BCUT2D eigenvalue weighted by Crippen LogP contribution is 2.33. The van der Waals surface area contributed by atoms with E-state index < -0.39 is 0 Å². The molecule has 184 valence electrons. The van der Waals surface area contributed by atoms with Gasteiger partial charge in [0.05, 0.1) is 26.6 Å². The highest BCUT2D eigenvalue weighted by Gasteiger charge is 2.11. The molecule has 0 radical (unpaired) electrons. The van der Waals surface area contributed by atoms with Crippen molar-refractivity contribution in [2.45, 2.75) is 51.1 Å². The predicted octanol–water partition coefficient (Wildman–Crippen LogP) is 6.76. The Kier molecular flexibility index (Phi) is 8.18. The predicted molar refractivity (Wildman–Crippen MR) is 144 cm³/mol. The van der Waals surface area contributed by atoms with Gasteiger partial charge in [-0.1, -0.05) is 19.9 Å². The lowest BCUT2D eigenvalue weighted by molar-refractivity contribution is 0.414. The number of hydrogen-bond donors (Lipinski definition) is 0. The molecule has 2 aromatic heterocycles. The van der Waals surface area contributed by atoms with Crippen LogP contribution in [0.15, 0.2) is 66.1 Å². The fourth-order valence-corrected chi connectivity index (χ4v) is 4.90. The van der Waals surface area contributed by atoms with Crippen LogP contribution >= 0.6 is 11.8 Å². The van der Waals surface area contributed by atoms with Crippen LogP contribution in [0.1, 0.15) is 38.7 Å². The number of rotatable bonds is 11. The second-order valence-electron chi connectivity index (χ2n) is 8.79. The van der Waals surface area contributed by atoms with Crippen molar-refractivity contribution < 1.29 is 9.47 Å². The van der Waals surface area contributed by atoms with Gasteiger partial charge in [-0.15, -0.1) is 11.8 Å². The normalized spacial score (nSPS) is 11.3. The Balaban J connectivity index is 1.39. The summed E-state index contributed by atoms with van der Waals surface area (Å²) in [7, 11) is 3.43. The largest absolute Gasteiger partial charge is 0.497 e. The van der Waals surface area contributed by atoms with Crippen LogP contribution in [0.5, 0.6) is 11.5 Å². The minimum absolute atomic E-state index is 0.465. The molecule has 0 bridgehead atoms. The lowest BCUT2D eigenvalue weighted by Crippen LogP contribution is -1.99. The van der Waals surface area contributed by atoms with Gasteiger partial charge in [-0.05, 0) is 66.5 Å². The molecule has 6 nitrogen and oxygen atoms in total. The summed E-state index contributed by atoms with van der Waals surface area (Å²) in [6.45, 7) is 8.22. The molecule has 0 saturated heterocycles. The molecule has 7 heteroatoms. The van der Waals surface area contributed by atoms with Gasteiger partial charge in [-0.3, -0.25) is 9.36 Å². The Morgan fingerprint density at radius 1 is 0.886 bits per heavy atom. The Morgan fingerprint density at radius 3 is 2.37 bits per heavy atom. The number of aromatic nitrogens is 4. The van der Waals surface area contributed by atoms with E-state index >= 15 is 0 Å². The zero-order valence-corrected chi connectivity index (χ0v) is 22.0. The van der Waals surface area contributed by atoms with Gasteiger partial charge >= 0.3 is 0 Å². The lowest BCUT2D eigenvalue weighted by atomic mass is 9.98. The van der Waals surface area contributed by atoms with E-state index in [-0.39, 0.29) is 0 Å². The topological polar surface area (TPSA) is 54.1 Å². The minimum Gasteiger partial charge on any atom is -0.497 e. The second-order valence-corrected chi connectivity index (χ2v) is 9.96. The van der Waals surface area contributed by atoms with Crippen molar-refractivity contribution in [1.82, 2.24) is 19.6 Å². The summed E-state index contributed by atoms with van der Waals surface area (Å²) in [5.41, 5.74) is 5.70. The third kappa shape index (κ3) is 6.09. The molecule has 4 aromatic rings. The number of thioether (sulfide) groups is 1. The molecule has 0 spiro atoms. The zero-order valence-electron chi connectivity index (χ0n) is 21.2. The van der Waals surface area contributed by atoms with Crippen molar-refractivity contribution in [3.05, 3.63) is 66.7 Å². The quantitative estimate of drug-likeness (QED) is 0.172. The summed E-state index contributed by atoms with van der Waals surface area (Å²) in [5, 5.41) is 9.01. The van der Waals surface area contributed by atoms with E-state index in [1.165, 1.54) is 10.5 Å². The van der Waals surface area contributed by atoms with Crippen LogP contribution in [0.3, 0.4) is 0 Å². The first-order valence-corrected chi connectivity index (χ1v) is 13.0. The lowest BCUT2D eigenvalue weighted by Gasteiger charge is -2.11. The SMILES string of the molecule is CCn1cc(-c2cc(OC)cc(SCCCn3cc(-c4cc(C(C)C)ccc4OC)cn3)c2)cn1. The van der Waals surface area contributed by atoms with Crippen LogP contribution in [0.2, 0.25) is 0 Å². The van der Waals surface area contributed by atoms with E-state index in [1.807, 2.05) is 39.6 Å². The molecule has 0 N–H and O–H groups in total. The fourth-order valence-electron chi connectivity index (χ4n) is 3.98. The van der Waals surface area contributed by atoms with Crippen LogP contribution < -0.4 is 9.47 Å². The molecule has 0 saturated carbocycles. The molecule has 0 aliphatic rings. The number of hydrogen-bond acceptors (Lipinski definition) is 5. The number of nitrogens with zero attached hydrogens (tertiary/aromatic N) is 4. The highest BCUT2D eigenvalue weighted by molar-refractivity contribution is 7.99. The molecule has 4 rings (SSSR count). The van der Waals surface area contributed by atoms with Crippen LogP contribution in [-0.4, -0.2) is 39.5 Å². The van der Waals surface area contributed by atoms with Crippen LogP contribution in [0.4, 0.5) is 0 Å². The van der Waals surface area contributed by atoms with Gasteiger partial charge in [0.15, 0.2) is 0 Å². The monoisotopic (exact) mass is 490 g/mol. The van der Waals surface area contributed by atoms with Crippen LogP contribution in [0, 0.1) is 0 Å². The van der Waals surface area contributed by atoms with E-state index in [9.17, 15) is 0 Å². The maximum atomic E-state index is 5.60. The number of aryl methyl sites for hydroxylation is 2. The smallest absolute Gasteiger partial charge is 0.126 e. The number of methoxy groups -OCH3 is 2. The maximum Gasteiger partial charge on any atom is 0.126 e. The Labute approximate surface area is 212 Å². The number of benzene rings is 2. The average Bonchev–Trinajstić information content (AvgIpc) is 3.56. The summed E-state index contributed by atoms with van der Waals surface area (Å²) < 4.78 is 15.1. The summed E-state index contributed by atoms with van der Waals surface area (Å²) in [4.78, 5) is 1.19. The molecule has 0 aliphatic carbocycles. The van der Waals surface area contributed by atoms with Gasteiger partial charge in [0.25, 0.3) is 0 Å². The summed E-state index contributed by atoms with van der Waals surface area (Å²) in [5.74, 6) is 3.19. The molecule has 2 aromatic carbocycles. The van der Waals surface area contributed by atoms with Crippen molar-refractivity contribution in [1.29, 1.82) is 0 Å². The van der Waals surface area contributed by atoms with Gasteiger partial charge < -0.3 is 9.47 Å². The summed E-state index contributed by atoms with van der Waals surface area (Å²) in [6.07, 6.45) is 9.04. The first-order chi connectivity index (χ1) is 17.0. The zero-order chi connectivity index (χ0) is 24.8. The summed E-state index contributed by atoms with van der Waals surface area (Å²) >= 11 is 1.84. The van der Waals surface area contributed by atoms with Crippen LogP contribution in [0.25, 0.3) is 22.3 Å². The van der Waals surface area contributed by atoms with Gasteiger partial charge in [0.2, 0.25) is 0 Å². The number of ether oxygens (including phenoxy) is 2. The fraction of sp³-hybridized carbons (Fsp3) is 0.357. The van der Waals surface area contributed by atoms with Crippen molar-refractivity contribution in [3.63, 3.8) is 0 Å². The molecule has 0 fully saturated rings. The molecule has 0 amide bonds. The third-order valence-electron chi connectivity index (χ3n) is 6.04. The molecule has 2 heterocycles. The van der Waals surface area contributed by atoms with Gasteiger partial charge in [0, 0.05) is 47.1 Å². The highest BCUT2D eigenvalue weighted by atomic mass is 32.2. The first-order valence-electron chi connectivity index (χ1n) is 12.1. The van der Waals surface area contributed by atoms with Gasteiger partial charge in [-0.2, -0.15) is 10.2 Å². The van der Waals surface area contributed by atoms with E-state index in [0.717, 1.165) is 59.0 Å². The van der Waals surface area contributed by atoms with E-state index in [0.29, 0.717) is 5.92 Å². The van der Waals surface area contributed by atoms with Crippen LogP contribution in [-0.2, 0) is 13.1 Å². The first kappa shape index (κ1) is 24.9. The third-order valence-corrected chi connectivity index (χ3v) is 7.10. The Bertz CT molecular complexity index is 1260. The minimum atomic E-state index is 0.465. The molecule has 0 unspecified atom stereocenters. The van der Waals surface area contributed by atoms with E-state index in [4.69, 9.17) is 9.47 Å².